The van der Waals surface area contributed by atoms with E-state index < -0.39 is 6.04 Å². The van der Waals surface area contributed by atoms with Gasteiger partial charge in [0.25, 0.3) is 0 Å². The Morgan fingerprint density at radius 3 is 2.37 bits per heavy atom. The lowest BCUT2D eigenvalue weighted by Crippen LogP contribution is -2.60. The Bertz CT molecular complexity index is 724. The van der Waals surface area contributed by atoms with Gasteiger partial charge in [-0.3, -0.25) is 4.79 Å². The summed E-state index contributed by atoms with van der Waals surface area (Å²) in [5.41, 5.74) is 2.48. The number of ether oxygens (including phenoxy) is 1. The van der Waals surface area contributed by atoms with Crippen LogP contribution in [0.1, 0.15) is 63.5 Å². The number of carbonyl (C=O) groups excluding carboxylic acids is 2. The van der Waals surface area contributed by atoms with Gasteiger partial charge >= 0.3 is 5.97 Å². The molecule has 146 valence electrons. The van der Waals surface area contributed by atoms with Gasteiger partial charge in [0.15, 0.2) is 0 Å². The predicted molar refractivity (Wildman–Crippen MR) is 104 cm³/mol. The first kappa shape index (κ1) is 18.5. The summed E-state index contributed by atoms with van der Waals surface area (Å²) in [5, 5.41) is 2.99. The average Bonchev–Trinajstić information content (AvgIpc) is 2.61. The highest BCUT2D eigenvalue weighted by Crippen LogP contribution is 2.65. The molecule has 0 aromatic heterocycles. The van der Waals surface area contributed by atoms with Crippen LogP contribution < -0.4 is 5.32 Å². The Hall–Kier alpha value is -1.84. The van der Waals surface area contributed by atoms with Crippen LogP contribution in [0, 0.1) is 24.2 Å². The van der Waals surface area contributed by atoms with Gasteiger partial charge in [0, 0.05) is 0 Å². The molecule has 0 spiro atoms. The van der Waals surface area contributed by atoms with Crippen LogP contribution >= 0.6 is 0 Å². The number of amides is 1. The molecule has 4 saturated carbocycles. The lowest BCUT2D eigenvalue weighted by atomic mass is 9.42. The second-order valence-electron chi connectivity index (χ2n) is 9.33. The Kier molecular flexibility index (Phi) is 4.56. The first-order chi connectivity index (χ1) is 12.9. The van der Waals surface area contributed by atoms with Crippen molar-refractivity contribution < 1.29 is 14.3 Å². The van der Waals surface area contributed by atoms with E-state index >= 15 is 0 Å². The molecule has 0 saturated heterocycles. The number of rotatable bonds is 5. The van der Waals surface area contributed by atoms with E-state index in [0.29, 0.717) is 18.4 Å². The Balaban J connectivity index is 1.59. The summed E-state index contributed by atoms with van der Waals surface area (Å²) in [4.78, 5) is 25.3. The molecule has 27 heavy (non-hydrogen) atoms. The molecule has 1 aromatic rings. The lowest BCUT2D eigenvalue weighted by Gasteiger charge is -2.61. The molecule has 1 aromatic carbocycles. The zero-order valence-electron chi connectivity index (χ0n) is 16.7. The molecular formula is C23H31NO3. The zero-order chi connectivity index (χ0) is 19.2. The Morgan fingerprint density at radius 2 is 1.78 bits per heavy atom. The summed E-state index contributed by atoms with van der Waals surface area (Å²) < 4.78 is 5.07. The lowest BCUT2D eigenvalue weighted by molar-refractivity contribution is -0.155. The third kappa shape index (κ3) is 3.17. The summed E-state index contributed by atoms with van der Waals surface area (Å²) in [5.74, 6) is 0.963. The molecule has 4 bridgehead atoms. The van der Waals surface area contributed by atoms with Gasteiger partial charge in [0.05, 0.1) is 12.0 Å². The van der Waals surface area contributed by atoms with Crippen LogP contribution in [-0.4, -0.2) is 24.5 Å². The van der Waals surface area contributed by atoms with Crippen LogP contribution in [-0.2, 0) is 19.7 Å². The summed E-state index contributed by atoms with van der Waals surface area (Å²) in [7, 11) is 0. The van der Waals surface area contributed by atoms with Crippen molar-refractivity contribution in [2.24, 2.45) is 17.3 Å². The quantitative estimate of drug-likeness (QED) is 0.801. The van der Waals surface area contributed by atoms with E-state index in [4.69, 9.17) is 4.74 Å². The van der Waals surface area contributed by atoms with Gasteiger partial charge in [-0.15, -0.1) is 0 Å². The second kappa shape index (κ2) is 6.65. The Morgan fingerprint density at radius 1 is 1.15 bits per heavy atom. The summed E-state index contributed by atoms with van der Waals surface area (Å²) >= 11 is 0. The fourth-order valence-electron chi connectivity index (χ4n) is 6.45. The van der Waals surface area contributed by atoms with E-state index in [1.54, 1.807) is 13.8 Å². The van der Waals surface area contributed by atoms with Crippen molar-refractivity contribution in [1.82, 2.24) is 5.32 Å². The summed E-state index contributed by atoms with van der Waals surface area (Å²) in [6.07, 6.45) is 6.52. The van der Waals surface area contributed by atoms with Crippen molar-refractivity contribution in [3.05, 3.63) is 35.4 Å². The highest BCUT2D eigenvalue weighted by atomic mass is 16.5. The smallest absolute Gasteiger partial charge is 0.328 e. The van der Waals surface area contributed by atoms with Crippen molar-refractivity contribution >= 4 is 11.9 Å². The van der Waals surface area contributed by atoms with Gasteiger partial charge in [-0.05, 0) is 82.1 Å². The van der Waals surface area contributed by atoms with Gasteiger partial charge in [-0.25, -0.2) is 4.79 Å². The monoisotopic (exact) mass is 369 g/mol. The highest BCUT2D eigenvalue weighted by molar-refractivity contribution is 5.88. The third-order valence-corrected chi connectivity index (χ3v) is 7.19. The van der Waals surface area contributed by atoms with Crippen LogP contribution in [0.4, 0.5) is 0 Å². The van der Waals surface area contributed by atoms with Crippen LogP contribution in [0.5, 0.6) is 0 Å². The maximum absolute atomic E-state index is 13.3. The average molecular weight is 370 g/mol. The number of hydrogen-bond acceptors (Lipinski definition) is 3. The molecule has 4 fully saturated rings. The number of aryl methyl sites for hydroxylation is 1. The molecule has 3 atom stereocenters. The van der Waals surface area contributed by atoms with Gasteiger partial charge in [0.2, 0.25) is 5.91 Å². The molecule has 1 amide bonds. The molecule has 4 aliphatic carbocycles. The van der Waals surface area contributed by atoms with E-state index in [1.807, 2.05) is 0 Å². The molecule has 0 aliphatic heterocycles. The van der Waals surface area contributed by atoms with Gasteiger partial charge in [-0.1, -0.05) is 29.8 Å². The fraction of sp³-hybridized carbons (Fsp3) is 0.652. The third-order valence-electron chi connectivity index (χ3n) is 7.19. The number of hydrogen-bond donors (Lipinski definition) is 1. The van der Waals surface area contributed by atoms with Crippen LogP contribution in [0.3, 0.4) is 0 Å². The number of nitrogens with one attached hydrogen (secondary N) is 1. The standard InChI is InChI=1S/C23H31NO3/c1-4-27-20(25)16(3)24-21(26)23-12-17-9-18(13-23)11-22(10-17,14-23)19-7-5-15(2)6-8-19/h5-8,16-18H,4,9-14H2,1-3H3,(H,24,26)/t16-,17+,18+,22?,23?/m0/s1. The summed E-state index contributed by atoms with van der Waals surface area (Å²) in [6.45, 7) is 5.98. The minimum atomic E-state index is -0.583. The molecule has 4 heteroatoms. The minimum Gasteiger partial charge on any atom is -0.464 e. The van der Waals surface area contributed by atoms with E-state index in [-0.39, 0.29) is 22.7 Å². The van der Waals surface area contributed by atoms with Crippen LogP contribution in [0.2, 0.25) is 0 Å². The molecule has 0 heterocycles. The fourth-order valence-corrected chi connectivity index (χ4v) is 6.45. The first-order valence-electron chi connectivity index (χ1n) is 10.4. The maximum Gasteiger partial charge on any atom is 0.328 e. The maximum atomic E-state index is 13.3. The molecular weight excluding hydrogens is 338 g/mol. The molecule has 5 rings (SSSR count). The summed E-state index contributed by atoms with van der Waals surface area (Å²) in [6, 6.07) is 8.36. The normalized spacial score (nSPS) is 34.9. The van der Waals surface area contributed by atoms with Crippen molar-refractivity contribution in [1.29, 1.82) is 0 Å². The van der Waals surface area contributed by atoms with Gasteiger partial charge < -0.3 is 10.1 Å². The molecule has 0 radical (unpaired) electrons. The van der Waals surface area contributed by atoms with Crippen molar-refractivity contribution in [2.45, 2.75) is 70.8 Å². The topological polar surface area (TPSA) is 55.4 Å². The molecule has 4 aliphatic rings. The molecule has 0 unspecified atom stereocenters. The largest absolute Gasteiger partial charge is 0.464 e. The van der Waals surface area contributed by atoms with E-state index in [2.05, 4.69) is 36.5 Å². The number of carbonyl (C=O) groups is 2. The SMILES string of the molecule is CCOC(=O)[C@H](C)NC(=O)C12C[C@@H]3C[C@@H](C1)CC(c1ccc(C)cc1)(C3)C2. The number of esters is 1. The van der Waals surface area contributed by atoms with Gasteiger partial charge in [0.1, 0.15) is 6.04 Å². The van der Waals surface area contributed by atoms with E-state index in [0.717, 1.165) is 19.3 Å². The zero-order valence-corrected chi connectivity index (χ0v) is 16.7. The second-order valence-corrected chi connectivity index (χ2v) is 9.33. The number of benzene rings is 1. The van der Waals surface area contributed by atoms with E-state index in [1.165, 1.54) is 30.4 Å². The van der Waals surface area contributed by atoms with Crippen LogP contribution in [0.25, 0.3) is 0 Å². The Labute approximate surface area is 162 Å². The van der Waals surface area contributed by atoms with E-state index in [9.17, 15) is 9.59 Å². The predicted octanol–water partition coefficient (Wildman–Crippen LogP) is 3.90. The van der Waals surface area contributed by atoms with Crippen LogP contribution in [0.15, 0.2) is 24.3 Å². The minimum absolute atomic E-state index is 0.0636. The van der Waals surface area contributed by atoms with Crippen molar-refractivity contribution in [3.63, 3.8) is 0 Å². The molecule has 4 nitrogen and oxygen atoms in total. The molecule has 1 N–H and O–H groups in total. The highest BCUT2D eigenvalue weighted by Gasteiger charge is 2.61. The van der Waals surface area contributed by atoms with Gasteiger partial charge in [-0.2, -0.15) is 0 Å². The first-order valence-corrected chi connectivity index (χ1v) is 10.4. The van der Waals surface area contributed by atoms with Crippen molar-refractivity contribution in [2.75, 3.05) is 6.61 Å². The van der Waals surface area contributed by atoms with Crippen molar-refractivity contribution in [3.8, 4) is 0 Å².